The Kier molecular flexibility index (Phi) is 5.73. The van der Waals surface area contributed by atoms with E-state index >= 15 is 0 Å². The van der Waals surface area contributed by atoms with Crippen molar-refractivity contribution < 1.29 is 0 Å². The average molecular weight is 451 g/mol. The summed E-state index contributed by atoms with van der Waals surface area (Å²) in [6.07, 6.45) is 1.09. The molecular weight excluding hydrogens is 425 g/mol. The highest BCUT2D eigenvalue weighted by Crippen LogP contribution is 2.27. The molecule has 3 heteroatoms. The Morgan fingerprint density at radius 2 is 1.16 bits per heavy atom. The summed E-state index contributed by atoms with van der Waals surface area (Å²) in [4.78, 5) is 1.57. The molecule has 0 bridgehead atoms. The van der Waals surface area contributed by atoms with E-state index in [2.05, 4.69) is 122 Å². The summed E-state index contributed by atoms with van der Waals surface area (Å²) < 4.78 is 1.43. The van der Waals surface area contributed by atoms with Gasteiger partial charge in [-0.1, -0.05) is 132 Å². The summed E-state index contributed by atoms with van der Waals surface area (Å²) in [7, 11) is -2.84. The minimum Gasteiger partial charge on any atom is -0.140 e. The zero-order valence-electron chi connectivity index (χ0n) is 17.8. The maximum Gasteiger partial charge on any atom is 0.139 e. The lowest BCUT2D eigenvalue weighted by Crippen LogP contribution is -2.74. The molecule has 1 heterocycles. The van der Waals surface area contributed by atoms with Gasteiger partial charge < -0.3 is 0 Å². The van der Waals surface area contributed by atoms with Gasteiger partial charge in [-0.25, -0.2) is 0 Å². The van der Waals surface area contributed by atoms with Crippen LogP contribution in [0.4, 0.5) is 0 Å². The summed E-state index contributed by atoms with van der Waals surface area (Å²) in [5, 5.41) is 7.81. The predicted molar refractivity (Wildman–Crippen MR) is 143 cm³/mol. The molecule has 0 unspecified atom stereocenters. The quantitative estimate of drug-likeness (QED) is 0.344. The molecule has 0 saturated heterocycles. The third-order valence-electron chi connectivity index (χ3n) is 6.26. The first-order chi connectivity index (χ1) is 15.3. The molecule has 0 radical (unpaired) electrons. The number of aryl methyl sites for hydroxylation is 1. The largest absolute Gasteiger partial charge is 0.140 e. The van der Waals surface area contributed by atoms with E-state index < -0.39 is 16.6 Å². The maximum absolute atomic E-state index is 2.40. The van der Waals surface area contributed by atoms with Crippen LogP contribution in [0.2, 0.25) is 0 Å². The Bertz CT molecular complexity index is 1240. The van der Waals surface area contributed by atoms with Crippen LogP contribution in [0.15, 0.2) is 115 Å². The van der Waals surface area contributed by atoms with Gasteiger partial charge in [0.1, 0.15) is 7.59 Å². The molecule has 0 fully saturated rings. The zero-order chi connectivity index (χ0) is 21.1. The molecule has 5 aromatic rings. The summed E-state index contributed by atoms with van der Waals surface area (Å²) in [6.45, 7) is 2.33. The Morgan fingerprint density at radius 1 is 0.645 bits per heavy atom. The van der Waals surface area contributed by atoms with E-state index in [0.29, 0.717) is 0 Å². The van der Waals surface area contributed by atoms with Crippen LogP contribution in [0.25, 0.3) is 10.1 Å². The van der Waals surface area contributed by atoms with Crippen molar-refractivity contribution >= 4 is 58.8 Å². The second-order valence-electron chi connectivity index (χ2n) is 8.05. The Labute approximate surface area is 191 Å². The van der Waals surface area contributed by atoms with Gasteiger partial charge in [0, 0.05) is 9.58 Å². The molecule has 0 saturated carbocycles. The smallest absolute Gasteiger partial charge is 0.139 e. The van der Waals surface area contributed by atoms with E-state index in [1.807, 2.05) is 11.3 Å². The first kappa shape index (κ1) is 20.2. The van der Waals surface area contributed by atoms with Crippen LogP contribution in [0.3, 0.4) is 0 Å². The van der Waals surface area contributed by atoms with Gasteiger partial charge in [-0.2, -0.15) is 0 Å². The van der Waals surface area contributed by atoms with Crippen LogP contribution in [0.5, 0.6) is 0 Å². The van der Waals surface area contributed by atoms with E-state index in [4.69, 9.17) is 0 Å². The second kappa shape index (κ2) is 8.79. The molecule has 0 spiro atoms. The van der Waals surface area contributed by atoms with Gasteiger partial charge in [-0.05, 0) is 23.1 Å². The molecule has 31 heavy (non-hydrogen) atoms. The molecule has 4 aromatic carbocycles. The minimum absolute atomic E-state index is 0.643. The van der Waals surface area contributed by atoms with Crippen molar-refractivity contribution in [1.29, 1.82) is 0 Å². The molecular formula is C28H26SSi2. The lowest BCUT2D eigenvalue weighted by molar-refractivity contribution is 1.20. The van der Waals surface area contributed by atoms with Gasteiger partial charge >= 0.3 is 0 Å². The Balaban J connectivity index is 1.91. The predicted octanol–water partition coefficient (Wildman–Crippen LogP) is 3.92. The van der Waals surface area contributed by atoms with Gasteiger partial charge in [-0.15, -0.1) is 11.3 Å². The highest BCUT2D eigenvalue weighted by atomic mass is 32.1. The molecule has 0 amide bonds. The summed E-state index contributed by atoms with van der Waals surface area (Å²) in [6, 6.07) is 43.2. The number of fused-ring (bicyclic) bond motifs is 1. The van der Waals surface area contributed by atoms with Crippen molar-refractivity contribution in [3.8, 4) is 0 Å². The number of hydrogen-bond donors (Lipinski definition) is 0. The normalized spacial score (nSPS) is 12.0. The van der Waals surface area contributed by atoms with Crippen molar-refractivity contribution in [2.45, 2.75) is 13.3 Å². The van der Waals surface area contributed by atoms with Crippen molar-refractivity contribution in [3.05, 3.63) is 120 Å². The molecule has 0 aliphatic carbocycles. The topological polar surface area (TPSA) is 0 Å². The molecule has 152 valence electrons. The van der Waals surface area contributed by atoms with Gasteiger partial charge in [0.2, 0.25) is 0 Å². The zero-order valence-corrected chi connectivity index (χ0v) is 21.0. The van der Waals surface area contributed by atoms with Crippen LogP contribution in [-0.4, -0.2) is 16.6 Å². The first-order valence-corrected chi connectivity index (χ1v) is 16.8. The lowest BCUT2D eigenvalue weighted by atomic mass is 10.2. The van der Waals surface area contributed by atoms with Crippen molar-refractivity contribution in [2.24, 2.45) is 0 Å². The second-order valence-corrected chi connectivity index (χ2v) is 18.1. The van der Waals surface area contributed by atoms with Crippen molar-refractivity contribution in [1.82, 2.24) is 0 Å². The molecule has 0 aliphatic rings. The standard InChI is InChI=1S/C28H26SSi2/c1-2-26-28(25-20-12-13-21-27(25)29-26)31(23-16-8-4-9-17-23,24-18-10-5-11-19-24)30-22-14-6-3-7-15-22/h3-21H,2,30H2,1H3. The number of thiophene rings is 1. The van der Waals surface area contributed by atoms with Crippen LogP contribution in [0, 0.1) is 0 Å². The van der Waals surface area contributed by atoms with E-state index in [0.717, 1.165) is 6.42 Å². The van der Waals surface area contributed by atoms with Crippen molar-refractivity contribution in [2.75, 3.05) is 0 Å². The van der Waals surface area contributed by atoms with E-state index in [1.165, 1.54) is 10.1 Å². The highest BCUT2D eigenvalue weighted by molar-refractivity contribution is 7.48. The van der Waals surface area contributed by atoms with Gasteiger partial charge in [-0.3, -0.25) is 0 Å². The SMILES string of the molecule is CCc1sc2ccccc2c1[Si]([SiH2]c1ccccc1)(c1ccccc1)c1ccccc1. The summed E-state index contributed by atoms with van der Waals surface area (Å²) in [5.74, 6) is 0. The maximum atomic E-state index is 2.40. The monoisotopic (exact) mass is 450 g/mol. The molecule has 0 N–H and O–H groups in total. The number of benzene rings is 4. The van der Waals surface area contributed by atoms with Crippen LogP contribution in [-0.2, 0) is 6.42 Å². The fourth-order valence-electron chi connectivity index (χ4n) is 4.91. The third kappa shape index (κ3) is 3.63. The van der Waals surface area contributed by atoms with Crippen LogP contribution < -0.4 is 20.7 Å². The molecule has 0 nitrogen and oxygen atoms in total. The fourth-order valence-corrected chi connectivity index (χ4v) is 19.5. The fraction of sp³-hybridized carbons (Fsp3) is 0.0714. The molecule has 1 aromatic heterocycles. The highest BCUT2D eigenvalue weighted by Gasteiger charge is 2.42. The van der Waals surface area contributed by atoms with Gasteiger partial charge in [0.15, 0.2) is 0 Å². The minimum atomic E-state index is -2.19. The van der Waals surface area contributed by atoms with E-state index in [1.54, 1.807) is 25.6 Å². The third-order valence-corrected chi connectivity index (χ3v) is 19.6. The van der Waals surface area contributed by atoms with Gasteiger partial charge in [0.25, 0.3) is 0 Å². The Hall–Kier alpha value is -2.73. The van der Waals surface area contributed by atoms with Crippen molar-refractivity contribution in [3.63, 3.8) is 0 Å². The lowest BCUT2D eigenvalue weighted by Gasteiger charge is -2.34. The summed E-state index contributed by atoms with van der Waals surface area (Å²) in [5.41, 5.74) is 0. The molecule has 5 rings (SSSR count). The number of rotatable bonds is 6. The number of hydrogen-bond acceptors (Lipinski definition) is 1. The van der Waals surface area contributed by atoms with E-state index in [-0.39, 0.29) is 0 Å². The Morgan fingerprint density at radius 3 is 1.74 bits per heavy atom. The average Bonchev–Trinajstić information content (AvgIpc) is 3.23. The van der Waals surface area contributed by atoms with Crippen LogP contribution in [0.1, 0.15) is 11.8 Å². The van der Waals surface area contributed by atoms with Crippen LogP contribution >= 0.6 is 11.3 Å². The summed E-state index contributed by atoms with van der Waals surface area (Å²) >= 11 is 2.01. The van der Waals surface area contributed by atoms with E-state index in [9.17, 15) is 0 Å². The molecule has 0 aliphatic heterocycles. The first-order valence-electron chi connectivity index (χ1n) is 11.0. The van der Waals surface area contributed by atoms with Gasteiger partial charge in [0.05, 0.1) is 9.04 Å². The molecule has 0 atom stereocenters.